The highest BCUT2D eigenvalue weighted by Crippen LogP contribution is 2.11. The van der Waals surface area contributed by atoms with Crippen molar-refractivity contribution in [1.82, 2.24) is 9.88 Å². The van der Waals surface area contributed by atoms with Gasteiger partial charge in [0.15, 0.2) is 0 Å². The van der Waals surface area contributed by atoms with E-state index < -0.39 is 0 Å². The van der Waals surface area contributed by atoms with E-state index >= 15 is 0 Å². The molecule has 1 rings (SSSR count). The Bertz CT molecular complexity index is 284. The molecule has 0 aliphatic heterocycles. The van der Waals surface area contributed by atoms with Crippen molar-refractivity contribution in [3.63, 3.8) is 0 Å². The highest BCUT2D eigenvalue weighted by molar-refractivity contribution is 5.41. The van der Waals surface area contributed by atoms with Crippen molar-refractivity contribution in [2.75, 3.05) is 12.3 Å². The minimum absolute atomic E-state index is 0.529. The van der Waals surface area contributed by atoms with Crippen LogP contribution in [0, 0.1) is 0 Å². The Hall–Kier alpha value is -1.09. The Labute approximate surface area is 85.9 Å². The van der Waals surface area contributed by atoms with Crippen LogP contribution in [-0.4, -0.2) is 22.5 Å². The molecule has 0 saturated carbocycles. The van der Waals surface area contributed by atoms with Gasteiger partial charge in [0, 0.05) is 18.8 Å². The first-order valence-electron chi connectivity index (χ1n) is 5.08. The van der Waals surface area contributed by atoms with E-state index in [1.54, 1.807) is 6.20 Å². The molecule has 0 fully saturated rings. The third-order valence-corrected chi connectivity index (χ3v) is 2.41. The summed E-state index contributed by atoms with van der Waals surface area (Å²) in [5.41, 5.74) is 7.59. The van der Waals surface area contributed by atoms with E-state index in [4.69, 9.17) is 5.73 Å². The zero-order chi connectivity index (χ0) is 10.6. The molecule has 0 radical (unpaired) electrons. The third kappa shape index (κ3) is 2.70. The quantitative estimate of drug-likeness (QED) is 0.794. The van der Waals surface area contributed by atoms with Gasteiger partial charge in [0.1, 0.15) is 0 Å². The molecule has 0 aromatic carbocycles. The standard InChI is InChI=1S/C11H19N3/c1-4-14(9(2)3)8-11-10(12)6-5-7-13-11/h5-7,9H,4,8,12H2,1-3H3. The lowest BCUT2D eigenvalue weighted by Crippen LogP contribution is -2.30. The molecule has 0 unspecified atom stereocenters. The van der Waals surface area contributed by atoms with Gasteiger partial charge in [-0.15, -0.1) is 0 Å². The van der Waals surface area contributed by atoms with E-state index in [9.17, 15) is 0 Å². The van der Waals surface area contributed by atoms with Gasteiger partial charge in [-0.3, -0.25) is 9.88 Å². The van der Waals surface area contributed by atoms with Crippen molar-refractivity contribution >= 4 is 5.69 Å². The molecule has 0 aliphatic rings. The van der Waals surface area contributed by atoms with Crippen LogP contribution in [0.5, 0.6) is 0 Å². The minimum Gasteiger partial charge on any atom is -0.397 e. The summed E-state index contributed by atoms with van der Waals surface area (Å²) in [6.07, 6.45) is 1.79. The summed E-state index contributed by atoms with van der Waals surface area (Å²) >= 11 is 0. The van der Waals surface area contributed by atoms with Gasteiger partial charge < -0.3 is 5.73 Å². The average Bonchev–Trinajstić information content (AvgIpc) is 2.16. The van der Waals surface area contributed by atoms with Gasteiger partial charge in [-0.05, 0) is 32.5 Å². The largest absolute Gasteiger partial charge is 0.397 e. The number of anilines is 1. The maximum Gasteiger partial charge on any atom is 0.0772 e. The summed E-state index contributed by atoms with van der Waals surface area (Å²) in [4.78, 5) is 6.61. The van der Waals surface area contributed by atoms with Crippen molar-refractivity contribution < 1.29 is 0 Å². The summed E-state index contributed by atoms with van der Waals surface area (Å²) in [6.45, 7) is 8.37. The molecule has 3 nitrogen and oxygen atoms in total. The van der Waals surface area contributed by atoms with Gasteiger partial charge in [0.25, 0.3) is 0 Å². The van der Waals surface area contributed by atoms with Crippen LogP contribution < -0.4 is 5.73 Å². The monoisotopic (exact) mass is 193 g/mol. The Kier molecular flexibility index (Phi) is 3.89. The number of hydrogen-bond acceptors (Lipinski definition) is 3. The predicted molar refractivity (Wildman–Crippen MR) is 59.9 cm³/mol. The normalized spacial score (nSPS) is 11.2. The lowest BCUT2D eigenvalue weighted by atomic mass is 10.2. The van der Waals surface area contributed by atoms with Crippen LogP contribution in [0.15, 0.2) is 18.3 Å². The highest BCUT2D eigenvalue weighted by atomic mass is 15.1. The van der Waals surface area contributed by atoms with Crippen LogP contribution in [0.2, 0.25) is 0 Å². The van der Waals surface area contributed by atoms with Crippen LogP contribution in [0.1, 0.15) is 26.5 Å². The SMILES string of the molecule is CCN(Cc1ncccc1N)C(C)C. The number of aromatic nitrogens is 1. The molecule has 0 spiro atoms. The smallest absolute Gasteiger partial charge is 0.0772 e. The van der Waals surface area contributed by atoms with E-state index in [0.717, 1.165) is 24.5 Å². The second-order valence-electron chi connectivity index (χ2n) is 3.70. The van der Waals surface area contributed by atoms with E-state index in [1.807, 2.05) is 12.1 Å². The molecule has 2 N–H and O–H groups in total. The molecule has 14 heavy (non-hydrogen) atoms. The molecule has 78 valence electrons. The number of hydrogen-bond donors (Lipinski definition) is 1. The fourth-order valence-corrected chi connectivity index (χ4v) is 1.43. The second-order valence-corrected chi connectivity index (χ2v) is 3.70. The van der Waals surface area contributed by atoms with Crippen LogP contribution in [-0.2, 0) is 6.54 Å². The molecule has 1 aromatic heterocycles. The van der Waals surface area contributed by atoms with Gasteiger partial charge in [-0.2, -0.15) is 0 Å². The highest BCUT2D eigenvalue weighted by Gasteiger charge is 2.09. The van der Waals surface area contributed by atoms with E-state index in [0.29, 0.717) is 6.04 Å². The Balaban J connectivity index is 2.72. The predicted octanol–water partition coefficient (Wildman–Crippen LogP) is 1.89. The molecule has 1 heterocycles. The van der Waals surface area contributed by atoms with E-state index in [-0.39, 0.29) is 0 Å². The van der Waals surface area contributed by atoms with Gasteiger partial charge in [0.2, 0.25) is 0 Å². The molecule has 0 amide bonds. The van der Waals surface area contributed by atoms with E-state index in [2.05, 4.69) is 30.7 Å². The molecule has 0 aliphatic carbocycles. The fraction of sp³-hybridized carbons (Fsp3) is 0.545. The molecular weight excluding hydrogens is 174 g/mol. The lowest BCUT2D eigenvalue weighted by molar-refractivity contribution is 0.222. The average molecular weight is 193 g/mol. The van der Waals surface area contributed by atoms with Crippen molar-refractivity contribution in [3.8, 4) is 0 Å². The van der Waals surface area contributed by atoms with Crippen LogP contribution in [0.25, 0.3) is 0 Å². The number of nitrogens with zero attached hydrogens (tertiary/aromatic N) is 2. The van der Waals surface area contributed by atoms with Crippen molar-refractivity contribution in [2.24, 2.45) is 0 Å². The maximum atomic E-state index is 5.83. The molecule has 1 aromatic rings. The lowest BCUT2D eigenvalue weighted by Gasteiger charge is -2.24. The minimum atomic E-state index is 0.529. The summed E-state index contributed by atoms with van der Waals surface area (Å²) in [5, 5.41) is 0. The topological polar surface area (TPSA) is 42.2 Å². The molecule has 0 atom stereocenters. The summed E-state index contributed by atoms with van der Waals surface area (Å²) in [5.74, 6) is 0. The second kappa shape index (κ2) is 4.96. The molecule has 3 heteroatoms. The zero-order valence-corrected chi connectivity index (χ0v) is 9.20. The number of pyridine rings is 1. The summed E-state index contributed by atoms with van der Waals surface area (Å²) in [6, 6.07) is 4.29. The third-order valence-electron chi connectivity index (χ3n) is 2.41. The van der Waals surface area contributed by atoms with Crippen molar-refractivity contribution in [3.05, 3.63) is 24.0 Å². The molecular formula is C11H19N3. The summed E-state index contributed by atoms with van der Waals surface area (Å²) in [7, 11) is 0. The Morgan fingerprint density at radius 1 is 1.50 bits per heavy atom. The number of rotatable bonds is 4. The van der Waals surface area contributed by atoms with Crippen LogP contribution in [0.3, 0.4) is 0 Å². The van der Waals surface area contributed by atoms with Crippen LogP contribution in [0.4, 0.5) is 5.69 Å². The first kappa shape index (κ1) is 11.0. The number of nitrogens with two attached hydrogens (primary N) is 1. The fourth-order valence-electron chi connectivity index (χ4n) is 1.43. The van der Waals surface area contributed by atoms with Crippen molar-refractivity contribution in [2.45, 2.75) is 33.4 Å². The zero-order valence-electron chi connectivity index (χ0n) is 9.20. The van der Waals surface area contributed by atoms with Crippen molar-refractivity contribution in [1.29, 1.82) is 0 Å². The first-order valence-corrected chi connectivity index (χ1v) is 5.08. The number of nitrogen functional groups attached to an aromatic ring is 1. The van der Waals surface area contributed by atoms with Gasteiger partial charge in [-0.25, -0.2) is 0 Å². The van der Waals surface area contributed by atoms with E-state index in [1.165, 1.54) is 0 Å². The Morgan fingerprint density at radius 2 is 2.21 bits per heavy atom. The molecule has 0 saturated heterocycles. The van der Waals surface area contributed by atoms with Gasteiger partial charge in [0.05, 0.1) is 11.4 Å². The first-order chi connectivity index (χ1) is 6.65. The summed E-state index contributed by atoms with van der Waals surface area (Å²) < 4.78 is 0. The van der Waals surface area contributed by atoms with Gasteiger partial charge in [-0.1, -0.05) is 6.92 Å². The maximum absolute atomic E-state index is 5.83. The Morgan fingerprint density at radius 3 is 2.71 bits per heavy atom. The molecule has 0 bridgehead atoms. The van der Waals surface area contributed by atoms with Gasteiger partial charge >= 0.3 is 0 Å². The van der Waals surface area contributed by atoms with Crippen LogP contribution >= 0.6 is 0 Å².